The first kappa shape index (κ1) is 3.55. The summed E-state index contributed by atoms with van der Waals surface area (Å²) in [5, 5.41) is 9.91. The lowest BCUT2D eigenvalue weighted by Gasteiger charge is -1.77. The molecule has 0 aliphatic rings. The third kappa shape index (κ3) is 0.561. The number of fused-ring (bicyclic) bond motifs is 1. The summed E-state index contributed by atoms with van der Waals surface area (Å²) in [6.07, 6.45) is 0.210. The van der Waals surface area contributed by atoms with Crippen LogP contribution in [-0.2, 0) is 0 Å². The van der Waals surface area contributed by atoms with E-state index < -0.39 is 0 Å². The van der Waals surface area contributed by atoms with E-state index in [1.165, 1.54) is 0 Å². The number of pyridine rings is 1. The number of aromatic nitrogens is 4. The Morgan fingerprint density at radius 3 is 3.56 bits per heavy atom. The third-order valence-corrected chi connectivity index (χ3v) is 1.04. The van der Waals surface area contributed by atoms with Crippen LogP contribution in [0.15, 0.2) is 18.3 Å². The van der Waals surface area contributed by atoms with E-state index in [0.29, 0.717) is 11.2 Å². The minimum atomic E-state index is 0.210. The molecule has 0 spiro atoms. The Morgan fingerprint density at radius 1 is 1.56 bits per heavy atom. The molecule has 4 nitrogen and oxygen atoms in total. The van der Waals surface area contributed by atoms with Gasteiger partial charge in [0.2, 0.25) is 5.65 Å². The van der Waals surface area contributed by atoms with E-state index in [2.05, 4.69) is 20.4 Å². The SMILES string of the molecule is [2H]c1ccc2n[nH]nc2n1. The summed E-state index contributed by atoms with van der Waals surface area (Å²) in [7, 11) is 0. The van der Waals surface area contributed by atoms with Crippen molar-refractivity contribution < 1.29 is 1.37 Å². The number of aromatic amines is 1. The fourth-order valence-electron chi connectivity index (χ4n) is 0.642. The highest BCUT2D eigenvalue weighted by Crippen LogP contribution is 1.99. The van der Waals surface area contributed by atoms with Crippen LogP contribution in [-0.4, -0.2) is 20.4 Å². The summed E-state index contributed by atoms with van der Waals surface area (Å²) >= 11 is 0. The zero-order valence-electron chi connectivity index (χ0n) is 5.50. The predicted octanol–water partition coefficient (Wildman–Crippen LogP) is 0.353. The Hall–Kier alpha value is -1.45. The first-order valence-electron chi connectivity index (χ1n) is 3.00. The molecule has 4 heteroatoms. The molecule has 0 aromatic carbocycles. The van der Waals surface area contributed by atoms with Crippen LogP contribution < -0.4 is 0 Å². The molecule has 0 amide bonds. The number of H-pyrrole nitrogens is 1. The van der Waals surface area contributed by atoms with E-state index >= 15 is 0 Å². The van der Waals surface area contributed by atoms with Gasteiger partial charge in [-0.15, -0.1) is 5.10 Å². The van der Waals surface area contributed by atoms with Crippen molar-refractivity contribution in [3.63, 3.8) is 0 Å². The van der Waals surface area contributed by atoms with Gasteiger partial charge in [0.15, 0.2) is 0 Å². The lowest BCUT2D eigenvalue weighted by atomic mass is 10.4. The van der Waals surface area contributed by atoms with Gasteiger partial charge in [0.25, 0.3) is 0 Å². The molecule has 0 radical (unpaired) electrons. The fraction of sp³-hybridized carbons (Fsp3) is 0. The molecule has 0 unspecified atom stereocenters. The minimum absolute atomic E-state index is 0.210. The second-order valence-electron chi connectivity index (χ2n) is 1.61. The lowest BCUT2D eigenvalue weighted by molar-refractivity contribution is 0.954. The number of nitrogens with zero attached hydrogens (tertiary/aromatic N) is 3. The first-order chi connectivity index (χ1) is 4.86. The standard InChI is InChI=1S/C5H4N4/c1-2-4-5(6-3-1)8-9-7-4/h1-3H,(H,6,7,8,9)/i3D. The Morgan fingerprint density at radius 2 is 2.56 bits per heavy atom. The van der Waals surface area contributed by atoms with Gasteiger partial charge in [-0.2, -0.15) is 10.3 Å². The molecule has 1 N–H and O–H groups in total. The Balaban J connectivity index is 2.86. The quantitative estimate of drug-likeness (QED) is 0.547. The summed E-state index contributed by atoms with van der Waals surface area (Å²) in [4.78, 5) is 3.80. The number of hydrogen-bond donors (Lipinski definition) is 1. The summed E-state index contributed by atoms with van der Waals surface area (Å²) in [6, 6.07) is 3.28. The minimum Gasteiger partial charge on any atom is -0.234 e. The molecule has 2 heterocycles. The smallest absolute Gasteiger partial charge is 0.201 e. The monoisotopic (exact) mass is 121 g/mol. The maximum absolute atomic E-state index is 7.12. The van der Waals surface area contributed by atoms with Gasteiger partial charge in [0.05, 0.1) is 1.37 Å². The van der Waals surface area contributed by atoms with Gasteiger partial charge in [-0.25, -0.2) is 4.98 Å². The second-order valence-corrected chi connectivity index (χ2v) is 1.61. The lowest BCUT2D eigenvalue weighted by Crippen LogP contribution is -1.71. The number of nitrogens with one attached hydrogen (secondary N) is 1. The van der Waals surface area contributed by atoms with Crippen molar-refractivity contribution in [2.45, 2.75) is 0 Å². The van der Waals surface area contributed by atoms with E-state index in [1.807, 2.05) is 0 Å². The Kier molecular flexibility index (Phi) is 0.597. The largest absolute Gasteiger partial charge is 0.234 e. The molecule has 0 saturated carbocycles. The van der Waals surface area contributed by atoms with Crippen molar-refractivity contribution in [2.75, 3.05) is 0 Å². The normalized spacial score (nSPS) is 11.8. The maximum Gasteiger partial charge on any atom is 0.201 e. The van der Waals surface area contributed by atoms with E-state index in [9.17, 15) is 0 Å². The van der Waals surface area contributed by atoms with Crippen molar-refractivity contribution >= 4 is 11.2 Å². The van der Waals surface area contributed by atoms with Gasteiger partial charge in [-0.05, 0) is 12.1 Å². The first-order valence-corrected chi connectivity index (χ1v) is 2.50. The van der Waals surface area contributed by atoms with Crippen molar-refractivity contribution in [2.24, 2.45) is 0 Å². The average molecular weight is 121 g/mol. The van der Waals surface area contributed by atoms with Gasteiger partial charge in [0, 0.05) is 6.17 Å². The highest BCUT2D eigenvalue weighted by atomic mass is 15.3. The van der Waals surface area contributed by atoms with Crippen molar-refractivity contribution in [3.8, 4) is 0 Å². The van der Waals surface area contributed by atoms with E-state index in [4.69, 9.17) is 1.37 Å². The molecule has 9 heavy (non-hydrogen) atoms. The molecule has 0 atom stereocenters. The Bertz CT molecular complexity index is 355. The molecule has 0 fully saturated rings. The second kappa shape index (κ2) is 1.51. The summed E-state index contributed by atoms with van der Waals surface area (Å²) < 4.78 is 7.12. The predicted molar refractivity (Wildman–Crippen MR) is 31.7 cm³/mol. The van der Waals surface area contributed by atoms with Crippen LogP contribution in [0.5, 0.6) is 0 Å². The van der Waals surface area contributed by atoms with Crippen molar-refractivity contribution in [1.82, 2.24) is 20.4 Å². The summed E-state index contributed by atoms with van der Waals surface area (Å²) in [5.41, 5.74) is 1.18. The third-order valence-electron chi connectivity index (χ3n) is 1.04. The molecule has 0 aliphatic carbocycles. The van der Waals surface area contributed by atoms with Crippen LogP contribution in [0.25, 0.3) is 11.2 Å². The van der Waals surface area contributed by atoms with E-state index in [-0.39, 0.29) is 6.17 Å². The fourth-order valence-corrected chi connectivity index (χ4v) is 0.642. The summed E-state index contributed by atoms with van der Waals surface area (Å²) in [5.74, 6) is 0. The molecule has 44 valence electrons. The zero-order chi connectivity index (χ0) is 6.97. The highest BCUT2D eigenvalue weighted by molar-refractivity contribution is 5.67. The van der Waals surface area contributed by atoms with Gasteiger partial charge in [-0.3, -0.25) is 0 Å². The van der Waals surface area contributed by atoms with Crippen LogP contribution >= 0.6 is 0 Å². The molecule has 2 rings (SSSR count). The molecular weight excluding hydrogens is 116 g/mol. The average Bonchev–Trinajstić information content (AvgIpc) is 2.33. The van der Waals surface area contributed by atoms with Gasteiger partial charge in [0.1, 0.15) is 5.52 Å². The van der Waals surface area contributed by atoms with Crippen LogP contribution in [0.3, 0.4) is 0 Å². The number of rotatable bonds is 0. The molecule has 2 aromatic heterocycles. The van der Waals surface area contributed by atoms with Gasteiger partial charge < -0.3 is 0 Å². The molecule has 0 saturated heterocycles. The molecule has 0 bridgehead atoms. The van der Waals surface area contributed by atoms with Crippen LogP contribution in [0, 0.1) is 0 Å². The highest BCUT2D eigenvalue weighted by Gasteiger charge is 1.92. The maximum atomic E-state index is 7.12. The van der Waals surface area contributed by atoms with E-state index in [0.717, 1.165) is 0 Å². The summed E-state index contributed by atoms with van der Waals surface area (Å²) in [6.45, 7) is 0. The molecule has 2 aromatic rings. The molecule has 0 aliphatic heterocycles. The van der Waals surface area contributed by atoms with Crippen molar-refractivity contribution in [1.29, 1.82) is 0 Å². The van der Waals surface area contributed by atoms with Crippen LogP contribution in [0.1, 0.15) is 1.37 Å². The number of hydrogen-bond acceptors (Lipinski definition) is 3. The van der Waals surface area contributed by atoms with Crippen LogP contribution in [0.4, 0.5) is 0 Å². The van der Waals surface area contributed by atoms with Crippen LogP contribution in [0.2, 0.25) is 0 Å². The van der Waals surface area contributed by atoms with Gasteiger partial charge >= 0.3 is 0 Å². The molecular formula is C5H4N4. The van der Waals surface area contributed by atoms with Crippen molar-refractivity contribution in [3.05, 3.63) is 18.3 Å². The van der Waals surface area contributed by atoms with Gasteiger partial charge in [-0.1, -0.05) is 0 Å². The van der Waals surface area contributed by atoms with E-state index in [1.54, 1.807) is 12.1 Å². The Labute approximate surface area is 52.3 Å². The zero-order valence-corrected chi connectivity index (χ0v) is 4.50. The topological polar surface area (TPSA) is 54.5 Å².